The molecule has 29 heavy (non-hydrogen) atoms. The summed E-state index contributed by atoms with van der Waals surface area (Å²) < 4.78 is 5.18. The summed E-state index contributed by atoms with van der Waals surface area (Å²) in [7, 11) is 0. The molecule has 1 saturated carbocycles. The van der Waals surface area contributed by atoms with Crippen molar-refractivity contribution in [2.45, 2.75) is 58.0 Å². The SMILES string of the molecule is C[C@@H](CO)c1c(O)c(O)c2c(c1O)C(=O)C(O)=C1C(C)(C)C[C@H](OC=O)C[C@@]12C. The fourth-order valence-corrected chi connectivity index (χ4v) is 5.31. The Balaban J connectivity index is 2.40. The van der Waals surface area contributed by atoms with Gasteiger partial charge in [0, 0.05) is 29.1 Å². The van der Waals surface area contributed by atoms with Crippen LogP contribution in [0.3, 0.4) is 0 Å². The zero-order valence-corrected chi connectivity index (χ0v) is 16.8. The summed E-state index contributed by atoms with van der Waals surface area (Å²) >= 11 is 0. The summed E-state index contributed by atoms with van der Waals surface area (Å²) in [6, 6.07) is 0. The second-order valence-corrected chi connectivity index (χ2v) is 8.82. The predicted octanol–water partition coefficient (Wildman–Crippen LogP) is 2.53. The summed E-state index contributed by atoms with van der Waals surface area (Å²) in [5.74, 6) is -3.99. The number of carbonyl (C=O) groups is 2. The standard InChI is InChI=1S/C21H26O8/c1-9(7-22)11-14(24)12-13(17(27)15(11)25)21(4)6-10(29-8-23)5-20(2,3)19(21)18(28)16(12)26/h8-10,22,24-25,27-28H,5-7H2,1-4H3/t9-,10-,21+/m0/s1. The van der Waals surface area contributed by atoms with E-state index in [-0.39, 0.29) is 23.1 Å². The van der Waals surface area contributed by atoms with Crippen molar-refractivity contribution in [1.82, 2.24) is 0 Å². The first-order chi connectivity index (χ1) is 13.4. The highest BCUT2D eigenvalue weighted by molar-refractivity contribution is 6.13. The van der Waals surface area contributed by atoms with Crippen LogP contribution in [0.5, 0.6) is 17.2 Å². The Labute approximate surface area is 168 Å². The van der Waals surface area contributed by atoms with Crippen LogP contribution >= 0.6 is 0 Å². The lowest BCUT2D eigenvalue weighted by atomic mass is 9.53. The maximum absolute atomic E-state index is 13.0. The van der Waals surface area contributed by atoms with Gasteiger partial charge in [0.2, 0.25) is 5.78 Å². The number of hydrogen-bond acceptors (Lipinski definition) is 8. The summed E-state index contributed by atoms with van der Waals surface area (Å²) in [5, 5.41) is 52.6. The van der Waals surface area contributed by atoms with Gasteiger partial charge < -0.3 is 30.3 Å². The highest BCUT2D eigenvalue weighted by Gasteiger charge is 2.56. The average molecular weight is 406 g/mol. The van der Waals surface area contributed by atoms with Gasteiger partial charge in [0.15, 0.2) is 17.3 Å². The van der Waals surface area contributed by atoms with E-state index in [0.717, 1.165) is 0 Å². The zero-order valence-electron chi connectivity index (χ0n) is 16.8. The molecule has 0 aliphatic heterocycles. The number of aromatic hydroxyl groups is 3. The molecule has 2 aliphatic carbocycles. The molecule has 8 heteroatoms. The number of hydrogen-bond donors (Lipinski definition) is 5. The van der Waals surface area contributed by atoms with Gasteiger partial charge in [0.25, 0.3) is 6.47 Å². The second-order valence-electron chi connectivity index (χ2n) is 8.82. The number of aliphatic hydroxyl groups excluding tert-OH is 2. The Hall–Kier alpha value is -2.74. The lowest BCUT2D eigenvalue weighted by Crippen LogP contribution is -2.48. The first-order valence-electron chi connectivity index (χ1n) is 9.42. The Morgan fingerprint density at radius 2 is 1.72 bits per heavy atom. The molecule has 0 aromatic heterocycles. The van der Waals surface area contributed by atoms with Gasteiger partial charge in [-0.1, -0.05) is 27.7 Å². The lowest BCUT2D eigenvalue weighted by molar-refractivity contribution is -0.136. The van der Waals surface area contributed by atoms with Gasteiger partial charge in [0.05, 0.1) is 5.56 Å². The number of phenols is 3. The third-order valence-electron chi connectivity index (χ3n) is 6.31. The van der Waals surface area contributed by atoms with E-state index in [0.29, 0.717) is 18.5 Å². The van der Waals surface area contributed by atoms with Crippen molar-refractivity contribution in [3.05, 3.63) is 28.0 Å². The molecule has 158 valence electrons. The van der Waals surface area contributed by atoms with Gasteiger partial charge in [-0.25, -0.2) is 0 Å². The number of phenolic OH excluding ortho intramolecular Hbond substituents is 3. The minimum atomic E-state index is -1.19. The zero-order chi connectivity index (χ0) is 21.9. The molecule has 0 heterocycles. The molecule has 0 radical (unpaired) electrons. The smallest absolute Gasteiger partial charge is 0.293 e. The van der Waals surface area contributed by atoms with Gasteiger partial charge >= 0.3 is 0 Å². The Kier molecular flexibility index (Phi) is 4.82. The van der Waals surface area contributed by atoms with Crippen LogP contribution in [0.15, 0.2) is 11.3 Å². The van der Waals surface area contributed by atoms with Crippen LogP contribution in [0.2, 0.25) is 0 Å². The van der Waals surface area contributed by atoms with Gasteiger partial charge in [-0.3, -0.25) is 9.59 Å². The molecule has 3 atom stereocenters. The van der Waals surface area contributed by atoms with E-state index in [1.165, 1.54) is 6.92 Å². The second kappa shape index (κ2) is 6.66. The Bertz CT molecular complexity index is 929. The number of benzene rings is 1. The van der Waals surface area contributed by atoms with Crippen molar-refractivity contribution in [3.8, 4) is 17.2 Å². The highest BCUT2D eigenvalue weighted by atomic mass is 16.5. The van der Waals surface area contributed by atoms with Crippen molar-refractivity contribution < 1.29 is 39.9 Å². The number of fused-ring (bicyclic) bond motifs is 3. The van der Waals surface area contributed by atoms with Gasteiger partial charge in [-0.05, 0) is 23.8 Å². The summed E-state index contributed by atoms with van der Waals surface area (Å²) in [6.07, 6.45) is -0.0810. The lowest BCUT2D eigenvalue weighted by Gasteiger charge is -2.51. The van der Waals surface area contributed by atoms with Crippen LogP contribution in [-0.2, 0) is 14.9 Å². The molecule has 5 N–H and O–H groups in total. The van der Waals surface area contributed by atoms with Crippen LogP contribution in [0.1, 0.15) is 67.9 Å². The van der Waals surface area contributed by atoms with Gasteiger partial charge in [-0.2, -0.15) is 0 Å². The minimum Gasteiger partial charge on any atom is -0.507 e. The molecule has 0 spiro atoms. The Morgan fingerprint density at radius 1 is 1.10 bits per heavy atom. The molecule has 1 aromatic carbocycles. The fraction of sp³-hybridized carbons (Fsp3) is 0.524. The van der Waals surface area contributed by atoms with Crippen LogP contribution in [0.25, 0.3) is 0 Å². The van der Waals surface area contributed by atoms with E-state index >= 15 is 0 Å². The largest absolute Gasteiger partial charge is 0.507 e. The Morgan fingerprint density at radius 3 is 2.28 bits per heavy atom. The first-order valence-corrected chi connectivity index (χ1v) is 9.42. The van der Waals surface area contributed by atoms with E-state index in [2.05, 4.69) is 0 Å². The summed E-state index contributed by atoms with van der Waals surface area (Å²) in [4.78, 5) is 24.0. The first kappa shape index (κ1) is 21.0. The van der Waals surface area contributed by atoms with Crippen molar-refractivity contribution in [2.75, 3.05) is 6.61 Å². The van der Waals surface area contributed by atoms with Gasteiger partial charge in [-0.15, -0.1) is 0 Å². The van der Waals surface area contributed by atoms with Crippen LogP contribution in [0.4, 0.5) is 0 Å². The third-order valence-corrected chi connectivity index (χ3v) is 6.31. The maximum Gasteiger partial charge on any atom is 0.293 e. The maximum atomic E-state index is 13.0. The van der Waals surface area contributed by atoms with Crippen molar-refractivity contribution in [3.63, 3.8) is 0 Å². The van der Waals surface area contributed by atoms with Crippen molar-refractivity contribution in [1.29, 1.82) is 0 Å². The number of Topliss-reactive ketones (excluding diaryl/α,β-unsaturated/α-hetero) is 1. The van der Waals surface area contributed by atoms with E-state index in [9.17, 15) is 35.1 Å². The van der Waals surface area contributed by atoms with Crippen molar-refractivity contribution >= 4 is 12.3 Å². The van der Waals surface area contributed by atoms with E-state index < -0.39 is 58.2 Å². The molecule has 1 fully saturated rings. The average Bonchev–Trinajstić information content (AvgIpc) is 2.61. The normalized spacial score (nSPS) is 26.5. The number of carbonyl (C=O) groups excluding carboxylic acids is 2. The van der Waals surface area contributed by atoms with E-state index in [1.54, 1.807) is 20.8 Å². The number of ketones is 1. The molecular formula is C21H26O8. The van der Waals surface area contributed by atoms with Crippen LogP contribution in [0, 0.1) is 5.41 Å². The molecule has 8 nitrogen and oxygen atoms in total. The predicted molar refractivity (Wildman–Crippen MR) is 102 cm³/mol. The summed E-state index contributed by atoms with van der Waals surface area (Å²) in [5.41, 5.74) is -2.12. The summed E-state index contributed by atoms with van der Waals surface area (Å²) in [6.45, 7) is 6.63. The molecule has 0 saturated heterocycles. The van der Waals surface area contributed by atoms with Crippen LogP contribution in [-0.4, -0.2) is 50.5 Å². The molecular weight excluding hydrogens is 380 g/mol. The number of ether oxygens (including phenoxy) is 1. The van der Waals surface area contributed by atoms with E-state index in [1.807, 2.05) is 0 Å². The van der Waals surface area contributed by atoms with Gasteiger partial charge in [0.1, 0.15) is 11.9 Å². The van der Waals surface area contributed by atoms with Crippen molar-refractivity contribution in [2.24, 2.45) is 5.41 Å². The fourth-order valence-electron chi connectivity index (χ4n) is 5.31. The van der Waals surface area contributed by atoms with E-state index in [4.69, 9.17) is 4.74 Å². The highest BCUT2D eigenvalue weighted by Crippen LogP contribution is 2.61. The molecule has 0 unspecified atom stereocenters. The number of allylic oxidation sites excluding steroid dienone is 2. The molecule has 3 rings (SSSR count). The number of aliphatic hydroxyl groups is 2. The molecule has 0 amide bonds. The molecule has 2 aliphatic rings. The molecule has 0 bridgehead atoms. The minimum absolute atomic E-state index is 0.0218. The third kappa shape index (κ3) is 2.77. The number of rotatable bonds is 4. The van der Waals surface area contributed by atoms with Crippen LogP contribution < -0.4 is 0 Å². The topological polar surface area (TPSA) is 145 Å². The molecule has 1 aromatic rings. The quantitative estimate of drug-likeness (QED) is 0.291. The monoisotopic (exact) mass is 406 g/mol.